The van der Waals surface area contributed by atoms with Crippen molar-refractivity contribution < 1.29 is 4.79 Å². The molecule has 1 amide bonds. The molecule has 1 aliphatic rings. The summed E-state index contributed by atoms with van der Waals surface area (Å²) < 4.78 is 1.78. The summed E-state index contributed by atoms with van der Waals surface area (Å²) in [5.41, 5.74) is 7.60. The van der Waals surface area contributed by atoms with E-state index >= 15 is 0 Å². The van der Waals surface area contributed by atoms with Crippen LogP contribution in [0.4, 0.5) is 0 Å². The highest BCUT2D eigenvalue weighted by atomic mass is 35.5. The maximum absolute atomic E-state index is 12.1. The monoisotopic (exact) mass is 320 g/mol. The molecule has 5 nitrogen and oxygen atoms in total. The molecule has 3 N–H and O–H groups in total. The van der Waals surface area contributed by atoms with Gasteiger partial charge in [0.05, 0.1) is 18.3 Å². The van der Waals surface area contributed by atoms with E-state index in [0.29, 0.717) is 18.9 Å². The molecule has 22 heavy (non-hydrogen) atoms. The lowest BCUT2D eigenvalue weighted by Gasteiger charge is -2.15. The first-order valence-corrected chi connectivity index (χ1v) is 7.34. The Bertz CT molecular complexity index is 610. The molecule has 0 spiro atoms. The van der Waals surface area contributed by atoms with Crippen molar-refractivity contribution in [3.8, 4) is 5.69 Å². The molecule has 0 aliphatic heterocycles. The van der Waals surface area contributed by atoms with Crippen molar-refractivity contribution in [2.45, 2.75) is 25.3 Å². The highest BCUT2D eigenvalue weighted by Crippen LogP contribution is 2.32. The first kappa shape index (κ1) is 16.5. The molecule has 0 saturated heterocycles. The van der Waals surface area contributed by atoms with E-state index in [1.807, 2.05) is 36.5 Å². The second-order valence-electron chi connectivity index (χ2n) is 5.55. The molecule has 6 heteroatoms. The molecule has 3 rings (SSSR count). The fourth-order valence-corrected chi connectivity index (χ4v) is 2.48. The van der Waals surface area contributed by atoms with E-state index in [2.05, 4.69) is 10.4 Å². The summed E-state index contributed by atoms with van der Waals surface area (Å²) in [7, 11) is 0. The van der Waals surface area contributed by atoms with E-state index in [0.717, 1.165) is 11.3 Å². The Balaban J connectivity index is 0.00000176. The zero-order valence-corrected chi connectivity index (χ0v) is 13.1. The van der Waals surface area contributed by atoms with Crippen molar-refractivity contribution in [3.63, 3.8) is 0 Å². The Kier molecular flexibility index (Phi) is 5.57. The first-order chi connectivity index (χ1) is 10.3. The van der Waals surface area contributed by atoms with Gasteiger partial charge in [-0.1, -0.05) is 18.2 Å². The Labute approximate surface area is 136 Å². The third-order valence-corrected chi connectivity index (χ3v) is 3.81. The van der Waals surface area contributed by atoms with E-state index in [4.69, 9.17) is 5.73 Å². The summed E-state index contributed by atoms with van der Waals surface area (Å²) in [6.07, 6.45) is 6.32. The number of hydrogen-bond acceptors (Lipinski definition) is 3. The number of benzene rings is 1. The number of halogens is 1. The molecule has 1 unspecified atom stereocenters. The number of para-hydroxylation sites is 1. The largest absolute Gasteiger partial charge is 0.352 e. The number of rotatable bonds is 6. The SMILES string of the molecule is Cl.NCC(NC(=O)Cc1cnn(-c2ccccc2)c1)C1CC1. The summed E-state index contributed by atoms with van der Waals surface area (Å²) in [5, 5.41) is 7.32. The molecule has 118 valence electrons. The molecule has 2 aromatic rings. The highest BCUT2D eigenvalue weighted by molar-refractivity contribution is 5.85. The zero-order valence-electron chi connectivity index (χ0n) is 12.3. The van der Waals surface area contributed by atoms with Crippen molar-refractivity contribution in [1.82, 2.24) is 15.1 Å². The van der Waals surface area contributed by atoms with Crippen LogP contribution in [0.3, 0.4) is 0 Å². The molecule has 0 bridgehead atoms. The zero-order chi connectivity index (χ0) is 14.7. The minimum absolute atomic E-state index is 0. The van der Waals surface area contributed by atoms with Gasteiger partial charge in [0, 0.05) is 18.8 Å². The van der Waals surface area contributed by atoms with Crippen LogP contribution in [-0.2, 0) is 11.2 Å². The van der Waals surface area contributed by atoms with Gasteiger partial charge < -0.3 is 11.1 Å². The minimum atomic E-state index is 0. The van der Waals surface area contributed by atoms with E-state index in [9.17, 15) is 4.79 Å². The van der Waals surface area contributed by atoms with E-state index in [-0.39, 0.29) is 24.4 Å². The van der Waals surface area contributed by atoms with Gasteiger partial charge in [0.2, 0.25) is 5.91 Å². The Morgan fingerprint density at radius 2 is 2.09 bits per heavy atom. The van der Waals surface area contributed by atoms with Crippen LogP contribution in [0.5, 0.6) is 0 Å². The number of carbonyl (C=O) groups excluding carboxylic acids is 1. The van der Waals surface area contributed by atoms with Gasteiger partial charge in [0.15, 0.2) is 0 Å². The molecule has 1 heterocycles. The van der Waals surface area contributed by atoms with Crippen molar-refractivity contribution in [1.29, 1.82) is 0 Å². The Morgan fingerprint density at radius 1 is 1.36 bits per heavy atom. The summed E-state index contributed by atoms with van der Waals surface area (Å²) in [6, 6.07) is 9.98. The van der Waals surface area contributed by atoms with Crippen LogP contribution in [0.25, 0.3) is 5.69 Å². The molecular formula is C16H21ClN4O. The van der Waals surface area contributed by atoms with E-state index in [1.165, 1.54) is 12.8 Å². The van der Waals surface area contributed by atoms with Crippen molar-refractivity contribution in [2.75, 3.05) is 6.54 Å². The van der Waals surface area contributed by atoms with Crippen molar-refractivity contribution in [3.05, 3.63) is 48.3 Å². The fraction of sp³-hybridized carbons (Fsp3) is 0.375. The van der Waals surface area contributed by atoms with Crippen molar-refractivity contribution >= 4 is 18.3 Å². The lowest BCUT2D eigenvalue weighted by molar-refractivity contribution is -0.121. The molecular weight excluding hydrogens is 300 g/mol. The van der Waals surface area contributed by atoms with Gasteiger partial charge in [-0.25, -0.2) is 4.68 Å². The average Bonchev–Trinajstić information content (AvgIpc) is 3.25. The third kappa shape index (κ3) is 4.08. The smallest absolute Gasteiger partial charge is 0.224 e. The fourth-order valence-electron chi connectivity index (χ4n) is 2.48. The quantitative estimate of drug-likeness (QED) is 0.850. The van der Waals surface area contributed by atoms with Crippen LogP contribution in [0, 0.1) is 5.92 Å². The summed E-state index contributed by atoms with van der Waals surface area (Å²) in [4.78, 5) is 12.1. The van der Waals surface area contributed by atoms with Gasteiger partial charge in [0.1, 0.15) is 0 Å². The number of nitrogens with zero attached hydrogens (tertiary/aromatic N) is 2. The summed E-state index contributed by atoms with van der Waals surface area (Å²) in [5.74, 6) is 0.593. The maximum Gasteiger partial charge on any atom is 0.224 e. The van der Waals surface area contributed by atoms with E-state index < -0.39 is 0 Å². The number of hydrogen-bond donors (Lipinski definition) is 2. The normalized spacial score (nSPS) is 15.0. The van der Waals surface area contributed by atoms with Crippen LogP contribution < -0.4 is 11.1 Å². The van der Waals surface area contributed by atoms with Crippen LogP contribution in [0.2, 0.25) is 0 Å². The predicted octanol–water partition coefficient (Wildman–Crippen LogP) is 1.69. The van der Waals surface area contributed by atoms with Gasteiger partial charge in [-0.15, -0.1) is 12.4 Å². The summed E-state index contributed by atoms with van der Waals surface area (Å²) >= 11 is 0. The highest BCUT2D eigenvalue weighted by Gasteiger charge is 2.31. The van der Waals surface area contributed by atoms with E-state index in [1.54, 1.807) is 10.9 Å². The molecule has 1 fully saturated rings. The number of nitrogens with one attached hydrogen (secondary N) is 1. The van der Waals surface area contributed by atoms with Gasteiger partial charge in [-0.05, 0) is 36.5 Å². The molecule has 1 aromatic carbocycles. The predicted molar refractivity (Wildman–Crippen MR) is 88.2 cm³/mol. The number of amides is 1. The second-order valence-corrected chi connectivity index (χ2v) is 5.55. The standard InChI is InChI=1S/C16H20N4O.ClH/c17-9-15(13-6-7-13)19-16(21)8-12-10-18-20(11-12)14-4-2-1-3-5-14;/h1-5,10-11,13,15H,6-9,17H2,(H,19,21);1H. The van der Waals surface area contributed by atoms with Crippen LogP contribution in [-0.4, -0.2) is 28.3 Å². The van der Waals surface area contributed by atoms with Crippen LogP contribution in [0.15, 0.2) is 42.7 Å². The van der Waals surface area contributed by atoms with Gasteiger partial charge in [-0.2, -0.15) is 5.10 Å². The molecule has 0 radical (unpaired) electrons. The van der Waals surface area contributed by atoms with Gasteiger partial charge in [-0.3, -0.25) is 4.79 Å². The number of nitrogens with two attached hydrogens (primary N) is 1. The lowest BCUT2D eigenvalue weighted by Crippen LogP contribution is -2.42. The number of aromatic nitrogens is 2. The molecule has 1 aliphatic carbocycles. The number of carbonyl (C=O) groups is 1. The Morgan fingerprint density at radius 3 is 2.73 bits per heavy atom. The third-order valence-electron chi connectivity index (χ3n) is 3.81. The second kappa shape index (κ2) is 7.42. The maximum atomic E-state index is 12.1. The first-order valence-electron chi connectivity index (χ1n) is 7.34. The van der Waals surface area contributed by atoms with Gasteiger partial charge >= 0.3 is 0 Å². The van der Waals surface area contributed by atoms with Crippen molar-refractivity contribution in [2.24, 2.45) is 11.7 Å². The molecule has 1 saturated carbocycles. The topological polar surface area (TPSA) is 72.9 Å². The van der Waals surface area contributed by atoms with Crippen LogP contribution >= 0.6 is 12.4 Å². The molecule has 1 aromatic heterocycles. The van der Waals surface area contributed by atoms with Crippen LogP contribution in [0.1, 0.15) is 18.4 Å². The molecule has 1 atom stereocenters. The van der Waals surface area contributed by atoms with Gasteiger partial charge in [0.25, 0.3) is 0 Å². The lowest BCUT2D eigenvalue weighted by atomic mass is 10.1. The minimum Gasteiger partial charge on any atom is -0.352 e. The Hall–Kier alpha value is -1.85. The average molecular weight is 321 g/mol. The summed E-state index contributed by atoms with van der Waals surface area (Å²) in [6.45, 7) is 0.514.